The molecule has 0 N–H and O–H groups in total. The van der Waals surface area contributed by atoms with Crippen LogP contribution in [0, 0.1) is 0 Å². The Hall–Kier alpha value is -2.88. The van der Waals surface area contributed by atoms with Crippen molar-refractivity contribution in [3.63, 3.8) is 0 Å². The van der Waals surface area contributed by atoms with Crippen LogP contribution in [0.4, 0.5) is 18.9 Å². The molecular formula is C22H24F3N5OS. The minimum absolute atomic E-state index is 0.116. The van der Waals surface area contributed by atoms with Gasteiger partial charge in [-0.2, -0.15) is 18.3 Å². The van der Waals surface area contributed by atoms with Crippen LogP contribution < -0.4 is 4.90 Å². The van der Waals surface area contributed by atoms with Crippen molar-refractivity contribution in [1.29, 1.82) is 0 Å². The molecule has 3 aromatic rings. The third-order valence-corrected chi connectivity index (χ3v) is 5.59. The number of amides is 1. The van der Waals surface area contributed by atoms with Gasteiger partial charge in [-0.3, -0.25) is 9.78 Å². The average molecular weight is 464 g/mol. The molecule has 0 saturated carbocycles. The molecule has 0 atom stereocenters. The maximum Gasteiger partial charge on any atom is 0.433 e. The number of pyridine rings is 2. The number of nitrogens with zero attached hydrogens (tertiary/aromatic N) is 5. The predicted octanol–water partition coefficient (Wildman–Crippen LogP) is 5.17. The Bertz CT molecular complexity index is 1040. The molecule has 170 valence electrons. The van der Waals surface area contributed by atoms with Gasteiger partial charge in [0.15, 0.2) is 0 Å². The Morgan fingerprint density at radius 2 is 2.00 bits per heavy atom. The molecule has 0 saturated heterocycles. The SMILES string of the molecule is CCCc1nn(-c2cccnc2)cc1N(CC)C(=O)CCSc1cccc(C(F)(F)F)n1. The molecule has 0 aliphatic carbocycles. The van der Waals surface area contributed by atoms with Gasteiger partial charge in [0.25, 0.3) is 0 Å². The van der Waals surface area contributed by atoms with Gasteiger partial charge in [0, 0.05) is 24.9 Å². The van der Waals surface area contributed by atoms with Gasteiger partial charge in [0.2, 0.25) is 5.91 Å². The summed E-state index contributed by atoms with van der Waals surface area (Å²) >= 11 is 1.13. The summed E-state index contributed by atoms with van der Waals surface area (Å²) in [5, 5.41) is 4.89. The van der Waals surface area contributed by atoms with E-state index in [-0.39, 0.29) is 17.4 Å². The molecule has 3 heterocycles. The van der Waals surface area contributed by atoms with E-state index in [1.54, 1.807) is 22.0 Å². The van der Waals surface area contributed by atoms with Crippen LogP contribution in [0.5, 0.6) is 0 Å². The van der Waals surface area contributed by atoms with E-state index in [0.717, 1.165) is 47.7 Å². The van der Waals surface area contributed by atoms with E-state index in [2.05, 4.69) is 15.1 Å². The molecule has 10 heteroatoms. The second-order valence-corrected chi connectivity index (χ2v) is 8.08. The molecule has 3 aromatic heterocycles. The highest BCUT2D eigenvalue weighted by atomic mass is 32.2. The Morgan fingerprint density at radius 3 is 2.66 bits per heavy atom. The zero-order valence-electron chi connectivity index (χ0n) is 17.8. The highest BCUT2D eigenvalue weighted by molar-refractivity contribution is 7.99. The van der Waals surface area contributed by atoms with Crippen LogP contribution in [-0.4, -0.2) is 38.0 Å². The maximum atomic E-state index is 13.0. The monoisotopic (exact) mass is 463 g/mol. The van der Waals surface area contributed by atoms with Gasteiger partial charge in [-0.1, -0.05) is 19.4 Å². The number of anilines is 1. The average Bonchev–Trinajstić information content (AvgIpc) is 3.18. The van der Waals surface area contributed by atoms with Gasteiger partial charge in [0.05, 0.1) is 34.5 Å². The number of hydrogen-bond acceptors (Lipinski definition) is 5. The first-order valence-electron chi connectivity index (χ1n) is 10.3. The zero-order chi connectivity index (χ0) is 23.1. The first-order valence-corrected chi connectivity index (χ1v) is 11.3. The number of alkyl halides is 3. The van der Waals surface area contributed by atoms with Gasteiger partial charge < -0.3 is 4.90 Å². The first-order chi connectivity index (χ1) is 15.3. The lowest BCUT2D eigenvalue weighted by molar-refractivity contribution is -0.141. The van der Waals surface area contributed by atoms with Crippen LogP contribution in [0.2, 0.25) is 0 Å². The lowest BCUT2D eigenvalue weighted by Crippen LogP contribution is -2.31. The van der Waals surface area contributed by atoms with Crippen molar-refractivity contribution >= 4 is 23.4 Å². The number of aryl methyl sites for hydroxylation is 1. The van der Waals surface area contributed by atoms with Crippen LogP contribution in [-0.2, 0) is 17.4 Å². The molecule has 0 unspecified atom stereocenters. The predicted molar refractivity (Wildman–Crippen MR) is 118 cm³/mol. The van der Waals surface area contributed by atoms with E-state index in [0.29, 0.717) is 12.3 Å². The van der Waals surface area contributed by atoms with Crippen molar-refractivity contribution in [1.82, 2.24) is 19.7 Å². The minimum atomic E-state index is -4.49. The van der Waals surface area contributed by atoms with Crippen molar-refractivity contribution in [2.45, 2.75) is 44.3 Å². The van der Waals surface area contributed by atoms with Gasteiger partial charge in [0.1, 0.15) is 5.69 Å². The number of carbonyl (C=O) groups is 1. The number of carbonyl (C=O) groups excluding carboxylic acids is 1. The summed E-state index contributed by atoms with van der Waals surface area (Å²) in [6, 6.07) is 7.47. The van der Waals surface area contributed by atoms with Crippen LogP contribution in [0.15, 0.2) is 53.9 Å². The quantitative estimate of drug-likeness (QED) is 0.410. The Balaban J connectivity index is 1.71. The Kier molecular flexibility index (Phi) is 7.89. The molecule has 32 heavy (non-hydrogen) atoms. The summed E-state index contributed by atoms with van der Waals surface area (Å²) in [5.41, 5.74) is 1.42. The van der Waals surface area contributed by atoms with Crippen molar-refractivity contribution in [3.05, 3.63) is 60.3 Å². The fourth-order valence-electron chi connectivity index (χ4n) is 3.17. The van der Waals surface area contributed by atoms with Crippen LogP contribution in [0.3, 0.4) is 0 Å². The minimum Gasteiger partial charge on any atom is -0.310 e. The topological polar surface area (TPSA) is 63.9 Å². The summed E-state index contributed by atoms with van der Waals surface area (Å²) in [6.45, 7) is 4.39. The number of thioether (sulfide) groups is 1. The van der Waals surface area contributed by atoms with Crippen LogP contribution >= 0.6 is 11.8 Å². The lowest BCUT2D eigenvalue weighted by atomic mass is 10.2. The molecule has 6 nitrogen and oxygen atoms in total. The Labute approximate surface area is 188 Å². The molecule has 0 spiro atoms. The molecule has 0 radical (unpaired) electrons. The summed E-state index contributed by atoms with van der Waals surface area (Å²) in [7, 11) is 0. The van der Waals surface area contributed by atoms with Crippen molar-refractivity contribution in [3.8, 4) is 5.69 Å². The molecule has 0 aliphatic rings. The number of rotatable bonds is 9. The zero-order valence-corrected chi connectivity index (χ0v) is 18.7. The second-order valence-electron chi connectivity index (χ2n) is 6.96. The summed E-state index contributed by atoms with van der Waals surface area (Å²) in [6.07, 6.45) is 2.47. The second kappa shape index (κ2) is 10.6. The molecule has 1 amide bonds. The van der Waals surface area contributed by atoms with E-state index >= 15 is 0 Å². The molecular weight excluding hydrogens is 439 g/mol. The number of aromatic nitrogens is 4. The van der Waals surface area contributed by atoms with E-state index in [4.69, 9.17) is 0 Å². The fourth-order valence-corrected chi connectivity index (χ4v) is 4.00. The largest absolute Gasteiger partial charge is 0.433 e. The van der Waals surface area contributed by atoms with Gasteiger partial charge in [-0.25, -0.2) is 9.67 Å². The van der Waals surface area contributed by atoms with Crippen LogP contribution in [0.25, 0.3) is 5.69 Å². The summed E-state index contributed by atoms with van der Waals surface area (Å²) < 4.78 is 40.2. The third-order valence-electron chi connectivity index (χ3n) is 4.65. The molecule has 0 aromatic carbocycles. The van der Waals surface area contributed by atoms with Crippen LogP contribution in [0.1, 0.15) is 38.1 Å². The molecule has 0 bridgehead atoms. The molecule has 3 rings (SSSR count). The molecule has 0 aliphatic heterocycles. The maximum absolute atomic E-state index is 13.0. The highest BCUT2D eigenvalue weighted by Crippen LogP contribution is 2.29. The van der Waals surface area contributed by atoms with Gasteiger partial charge in [-0.15, -0.1) is 11.8 Å². The first kappa shape index (κ1) is 23.8. The highest BCUT2D eigenvalue weighted by Gasteiger charge is 2.32. The normalized spacial score (nSPS) is 11.5. The van der Waals surface area contributed by atoms with Crippen molar-refractivity contribution < 1.29 is 18.0 Å². The molecule has 0 fully saturated rings. The van der Waals surface area contributed by atoms with E-state index in [1.807, 2.05) is 32.2 Å². The number of hydrogen-bond donors (Lipinski definition) is 0. The fraction of sp³-hybridized carbons (Fsp3) is 0.364. The Morgan fingerprint density at radius 1 is 1.19 bits per heavy atom. The van der Waals surface area contributed by atoms with Gasteiger partial charge >= 0.3 is 6.18 Å². The third kappa shape index (κ3) is 5.87. The standard InChI is InChI=1S/C22H24F3N5OS/c1-3-7-17-18(15-30(28-17)16-8-6-12-26-14-16)29(4-2)21(31)11-13-32-20-10-5-9-19(27-20)22(23,24)25/h5-6,8-10,12,14-15H,3-4,7,11,13H2,1-2H3. The van der Waals surface area contributed by atoms with Crippen molar-refractivity contribution in [2.75, 3.05) is 17.2 Å². The summed E-state index contributed by atoms with van der Waals surface area (Å²) in [5.74, 6) is 0.207. The van der Waals surface area contributed by atoms with Gasteiger partial charge in [-0.05, 0) is 37.6 Å². The van der Waals surface area contributed by atoms with E-state index < -0.39 is 11.9 Å². The van der Waals surface area contributed by atoms with Crippen molar-refractivity contribution in [2.24, 2.45) is 0 Å². The summed E-state index contributed by atoms with van der Waals surface area (Å²) in [4.78, 5) is 22.4. The van der Waals surface area contributed by atoms with E-state index in [1.165, 1.54) is 12.1 Å². The van der Waals surface area contributed by atoms with E-state index in [9.17, 15) is 18.0 Å². The smallest absolute Gasteiger partial charge is 0.310 e. The number of halogens is 3. The lowest BCUT2D eigenvalue weighted by Gasteiger charge is -2.20.